The minimum atomic E-state index is -0.289. The molecule has 2 amide bonds. The topological polar surface area (TPSA) is 93.9 Å². The second kappa shape index (κ2) is 10.5. The van der Waals surface area contributed by atoms with Crippen LogP contribution in [0.3, 0.4) is 0 Å². The summed E-state index contributed by atoms with van der Waals surface area (Å²) in [6, 6.07) is 10.2. The molecule has 0 atom stereocenters. The van der Waals surface area contributed by atoms with E-state index in [0.29, 0.717) is 47.4 Å². The Kier molecular flexibility index (Phi) is 7.76. The fraction of sp³-hybridized carbons (Fsp3) is 0.391. The predicted octanol–water partition coefficient (Wildman–Crippen LogP) is 3.70. The van der Waals surface area contributed by atoms with Gasteiger partial charge in [-0.2, -0.15) is 0 Å². The van der Waals surface area contributed by atoms with Gasteiger partial charge in [0, 0.05) is 35.3 Å². The number of ether oxygens (including phenoxy) is 2. The van der Waals surface area contributed by atoms with Crippen molar-refractivity contribution in [2.45, 2.75) is 25.8 Å². The molecule has 3 N–H and O–H groups in total. The number of anilines is 1. The van der Waals surface area contributed by atoms with Gasteiger partial charge in [0.25, 0.3) is 5.91 Å². The number of nitrogens with one attached hydrogen (secondary N) is 1. The van der Waals surface area contributed by atoms with Gasteiger partial charge in [0.2, 0.25) is 5.91 Å². The Labute approximate surface area is 187 Å². The third-order valence-corrected chi connectivity index (χ3v) is 5.55. The summed E-state index contributed by atoms with van der Waals surface area (Å²) in [7, 11) is 3.06. The van der Waals surface area contributed by atoms with E-state index in [-0.39, 0.29) is 17.7 Å². The summed E-state index contributed by atoms with van der Waals surface area (Å²) in [4.78, 5) is 27.2. The Morgan fingerprint density at radius 1 is 1.13 bits per heavy atom. The van der Waals surface area contributed by atoms with E-state index in [2.05, 4.69) is 5.32 Å². The fourth-order valence-corrected chi connectivity index (χ4v) is 3.48. The van der Waals surface area contributed by atoms with E-state index in [1.54, 1.807) is 36.4 Å². The quantitative estimate of drug-likeness (QED) is 0.581. The lowest BCUT2D eigenvalue weighted by atomic mass is 10.1. The van der Waals surface area contributed by atoms with Crippen LogP contribution in [0.5, 0.6) is 11.5 Å². The molecular formula is C23H28ClN3O4. The van der Waals surface area contributed by atoms with Crippen LogP contribution in [0.25, 0.3) is 0 Å². The highest BCUT2D eigenvalue weighted by atomic mass is 35.5. The van der Waals surface area contributed by atoms with Gasteiger partial charge in [0.05, 0.1) is 14.2 Å². The number of carbonyl (C=O) groups excluding carboxylic acids is 2. The highest BCUT2D eigenvalue weighted by molar-refractivity contribution is 6.31. The average molecular weight is 446 g/mol. The molecule has 0 radical (unpaired) electrons. The maximum absolute atomic E-state index is 12.7. The van der Waals surface area contributed by atoms with E-state index in [0.717, 1.165) is 24.8 Å². The van der Waals surface area contributed by atoms with E-state index in [1.807, 2.05) is 4.90 Å². The van der Waals surface area contributed by atoms with Gasteiger partial charge in [-0.15, -0.1) is 0 Å². The van der Waals surface area contributed by atoms with Gasteiger partial charge in [-0.05, 0) is 67.8 Å². The van der Waals surface area contributed by atoms with Crippen LogP contribution in [0.4, 0.5) is 5.69 Å². The van der Waals surface area contributed by atoms with Crippen LogP contribution < -0.4 is 20.5 Å². The molecule has 1 saturated carbocycles. The van der Waals surface area contributed by atoms with Crippen molar-refractivity contribution in [3.8, 4) is 11.5 Å². The zero-order valence-electron chi connectivity index (χ0n) is 17.8. The third kappa shape index (κ3) is 5.89. The summed E-state index contributed by atoms with van der Waals surface area (Å²) in [6.07, 6.45) is 2.60. The molecule has 3 rings (SSSR count). The minimum Gasteiger partial charge on any atom is -0.493 e. The number of nitrogens with two attached hydrogens (primary N) is 1. The lowest BCUT2D eigenvalue weighted by Crippen LogP contribution is -2.33. The number of methoxy groups -OCH3 is 2. The Balaban J connectivity index is 1.75. The van der Waals surface area contributed by atoms with Crippen LogP contribution in [0.2, 0.25) is 5.02 Å². The maximum Gasteiger partial charge on any atom is 0.255 e. The van der Waals surface area contributed by atoms with Crippen LogP contribution in [0.1, 0.15) is 35.2 Å². The lowest BCUT2D eigenvalue weighted by molar-refractivity contribution is -0.133. The van der Waals surface area contributed by atoms with Crippen LogP contribution >= 0.6 is 11.6 Å². The number of benzene rings is 2. The van der Waals surface area contributed by atoms with Crippen molar-refractivity contribution in [1.29, 1.82) is 0 Å². The van der Waals surface area contributed by atoms with E-state index >= 15 is 0 Å². The molecule has 0 saturated heterocycles. The smallest absolute Gasteiger partial charge is 0.255 e. The molecule has 7 nitrogen and oxygen atoms in total. The average Bonchev–Trinajstić information content (AvgIpc) is 3.63. The Bertz CT molecular complexity index is 946. The lowest BCUT2D eigenvalue weighted by Gasteiger charge is -2.23. The molecule has 31 heavy (non-hydrogen) atoms. The summed E-state index contributed by atoms with van der Waals surface area (Å²) in [6.45, 7) is 1.49. The molecule has 0 unspecified atom stereocenters. The Morgan fingerprint density at radius 3 is 2.52 bits per heavy atom. The van der Waals surface area contributed by atoms with Crippen LogP contribution in [-0.2, 0) is 11.3 Å². The second-order valence-corrected chi connectivity index (χ2v) is 7.91. The van der Waals surface area contributed by atoms with Gasteiger partial charge in [-0.25, -0.2) is 0 Å². The van der Waals surface area contributed by atoms with Gasteiger partial charge >= 0.3 is 0 Å². The normalized spacial score (nSPS) is 12.9. The minimum absolute atomic E-state index is 0.115. The largest absolute Gasteiger partial charge is 0.493 e. The number of hydrogen-bond acceptors (Lipinski definition) is 5. The van der Waals surface area contributed by atoms with Crippen LogP contribution in [0.15, 0.2) is 36.4 Å². The molecule has 0 heterocycles. The van der Waals surface area contributed by atoms with Gasteiger partial charge in [0.15, 0.2) is 11.5 Å². The van der Waals surface area contributed by atoms with Crippen LogP contribution in [0, 0.1) is 5.92 Å². The molecule has 1 aliphatic carbocycles. The monoisotopic (exact) mass is 445 g/mol. The summed E-state index contributed by atoms with van der Waals surface area (Å²) in [5, 5.41) is 3.42. The molecule has 0 bridgehead atoms. The number of hydrogen-bond donors (Lipinski definition) is 2. The zero-order chi connectivity index (χ0) is 22.4. The van der Waals surface area contributed by atoms with E-state index in [4.69, 9.17) is 26.8 Å². The van der Waals surface area contributed by atoms with Crippen molar-refractivity contribution < 1.29 is 19.1 Å². The van der Waals surface area contributed by atoms with Crippen molar-refractivity contribution in [3.63, 3.8) is 0 Å². The Morgan fingerprint density at radius 2 is 1.87 bits per heavy atom. The van der Waals surface area contributed by atoms with Crippen LogP contribution in [-0.4, -0.2) is 44.0 Å². The summed E-state index contributed by atoms with van der Waals surface area (Å²) in [5.41, 5.74) is 7.44. The molecule has 1 aliphatic rings. The van der Waals surface area contributed by atoms with Crippen molar-refractivity contribution >= 4 is 29.1 Å². The number of rotatable bonds is 10. The summed E-state index contributed by atoms with van der Waals surface area (Å²) in [5.74, 6) is 0.990. The summed E-state index contributed by atoms with van der Waals surface area (Å²) < 4.78 is 10.5. The fourth-order valence-electron chi connectivity index (χ4n) is 3.30. The highest BCUT2D eigenvalue weighted by Crippen LogP contribution is 2.32. The van der Waals surface area contributed by atoms with E-state index < -0.39 is 0 Å². The molecule has 0 aliphatic heterocycles. The first-order valence-corrected chi connectivity index (χ1v) is 10.6. The first-order valence-electron chi connectivity index (χ1n) is 10.3. The molecular weight excluding hydrogens is 418 g/mol. The molecule has 0 spiro atoms. The van der Waals surface area contributed by atoms with Crippen molar-refractivity contribution in [2.24, 2.45) is 11.7 Å². The first kappa shape index (κ1) is 22.9. The molecule has 8 heteroatoms. The van der Waals surface area contributed by atoms with Gasteiger partial charge < -0.3 is 25.4 Å². The van der Waals surface area contributed by atoms with Crippen molar-refractivity contribution in [2.75, 3.05) is 32.6 Å². The van der Waals surface area contributed by atoms with Gasteiger partial charge in [-0.3, -0.25) is 9.59 Å². The zero-order valence-corrected chi connectivity index (χ0v) is 18.6. The maximum atomic E-state index is 12.7. The SMILES string of the molecule is COc1ccc(C(=O)Nc2ccc(Cl)c(CN(CCCN)C(=O)C3CC3)c2)cc1OC. The molecule has 2 aromatic carbocycles. The van der Waals surface area contributed by atoms with Crippen molar-refractivity contribution in [3.05, 3.63) is 52.5 Å². The highest BCUT2D eigenvalue weighted by Gasteiger charge is 2.33. The van der Waals surface area contributed by atoms with E-state index in [9.17, 15) is 9.59 Å². The summed E-state index contributed by atoms with van der Waals surface area (Å²) >= 11 is 6.39. The second-order valence-electron chi connectivity index (χ2n) is 7.51. The predicted molar refractivity (Wildman–Crippen MR) is 121 cm³/mol. The number of nitrogens with zero attached hydrogens (tertiary/aromatic N) is 1. The first-order chi connectivity index (χ1) is 15.0. The number of amides is 2. The van der Waals surface area contributed by atoms with E-state index in [1.165, 1.54) is 14.2 Å². The van der Waals surface area contributed by atoms with Gasteiger partial charge in [-0.1, -0.05) is 11.6 Å². The molecule has 0 aromatic heterocycles. The van der Waals surface area contributed by atoms with Crippen molar-refractivity contribution in [1.82, 2.24) is 4.90 Å². The standard InChI is InChI=1S/C23H28ClN3O4/c1-30-20-9-6-16(13-21(20)31-2)22(28)26-18-7-8-19(24)17(12-18)14-27(11-3-10-25)23(29)15-4-5-15/h6-9,12-13,15H,3-5,10-11,14,25H2,1-2H3,(H,26,28). The third-order valence-electron chi connectivity index (χ3n) is 5.18. The van der Waals surface area contributed by atoms with Gasteiger partial charge in [0.1, 0.15) is 0 Å². The molecule has 2 aromatic rings. The number of carbonyl (C=O) groups is 2. The number of halogens is 1. The Hall–Kier alpha value is -2.77. The molecule has 166 valence electrons. The molecule has 1 fully saturated rings.